The van der Waals surface area contributed by atoms with E-state index in [4.69, 9.17) is 37.9 Å². The van der Waals surface area contributed by atoms with Crippen molar-refractivity contribution in [3.63, 3.8) is 0 Å². The fraction of sp³-hybridized carbons (Fsp3) is 0.567. The van der Waals surface area contributed by atoms with Gasteiger partial charge in [-0.3, -0.25) is 4.79 Å². The first-order valence-electron chi connectivity index (χ1n) is 13.2. The van der Waals surface area contributed by atoms with Gasteiger partial charge in [-0.1, -0.05) is 6.92 Å². The first-order valence-corrected chi connectivity index (χ1v) is 13.2. The standard InChI is InChI=1S/C30H38O9/c1-15-18-13-19-27(25(15)31)38-24(16-9-20(32-3)28(36-7)21(10-16)33-4)14-30(19,2)39-26(18)17-11-22(34-5)29(37-8)23(12-17)35-6/h9-12,15,18-19,24,26-27H,13-14H2,1-8H3/t15-,18+,19-,24-,26-,27-,30+/m1/s1. The number of rotatable bonds is 8. The van der Waals surface area contributed by atoms with E-state index >= 15 is 0 Å². The number of hydrogen-bond donors (Lipinski definition) is 0. The van der Waals surface area contributed by atoms with Crippen molar-refractivity contribution in [2.75, 3.05) is 42.7 Å². The Morgan fingerprint density at radius 1 is 0.744 bits per heavy atom. The van der Waals surface area contributed by atoms with Gasteiger partial charge in [0, 0.05) is 18.3 Å². The third kappa shape index (κ3) is 4.36. The predicted molar refractivity (Wildman–Crippen MR) is 142 cm³/mol. The topological polar surface area (TPSA) is 90.9 Å². The van der Waals surface area contributed by atoms with Crippen molar-refractivity contribution in [3.05, 3.63) is 35.4 Å². The number of benzene rings is 2. The smallest absolute Gasteiger partial charge is 0.203 e. The molecule has 5 rings (SSSR count). The van der Waals surface area contributed by atoms with Crippen LogP contribution in [0.5, 0.6) is 34.5 Å². The Kier molecular flexibility index (Phi) is 7.33. The average Bonchev–Trinajstić information content (AvgIpc) is 2.96. The number of fused-ring (bicyclic) bond motifs is 1. The summed E-state index contributed by atoms with van der Waals surface area (Å²) in [6.07, 6.45) is 0.0781. The quantitative estimate of drug-likeness (QED) is 0.460. The van der Waals surface area contributed by atoms with Crippen LogP contribution < -0.4 is 28.4 Å². The minimum Gasteiger partial charge on any atom is -0.493 e. The molecule has 2 heterocycles. The van der Waals surface area contributed by atoms with Crippen molar-refractivity contribution in [1.82, 2.24) is 0 Å². The van der Waals surface area contributed by atoms with Gasteiger partial charge >= 0.3 is 0 Å². The molecular formula is C30H38O9. The number of methoxy groups -OCH3 is 6. The Labute approximate surface area is 229 Å². The lowest BCUT2D eigenvalue weighted by Crippen LogP contribution is -2.63. The summed E-state index contributed by atoms with van der Waals surface area (Å²) in [5.74, 6) is 3.00. The molecule has 9 nitrogen and oxygen atoms in total. The lowest BCUT2D eigenvalue weighted by molar-refractivity contribution is -0.275. The van der Waals surface area contributed by atoms with E-state index in [0.717, 1.165) is 17.5 Å². The van der Waals surface area contributed by atoms with E-state index in [-0.39, 0.29) is 29.6 Å². The van der Waals surface area contributed by atoms with Crippen molar-refractivity contribution in [2.45, 2.75) is 50.6 Å². The second kappa shape index (κ2) is 10.4. The van der Waals surface area contributed by atoms with Crippen LogP contribution in [0.4, 0.5) is 0 Å². The average molecular weight is 543 g/mol. The molecule has 2 aromatic rings. The number of ether oxygens (including phenoxy) is 8. The monoisotopic (exact) mass is 542 g/mol. The molecule has 2 bridgehead atoms. The molecule has 1 aliphatic carbocycles. The van der Waals surface area contributed by atoms with Gasteiger partial charge in [0.25, 0.3) is 0 Å². The van der Waals surface area contributed by atoms with Gasteiger partial charge in [0.1, 0.15) is 6.10 Å². The predicted octanol–water partition coefficient (Wildman–Crippen LogP) is 4.94. The van der Waals surface area contributed by atoms with E-state index in [1.54, 1.807) is 42.7 Å². The molecule has 2 saturated heterocycles. The highest BCUT2D eigenvalue weighted by Gasteiger charge is 2.61. The fourth-order valence-electron chi connectivity index (χ4n) is 6.73. The summed E-state index contributed by atoms with van der Waals surface area (Å²) in [6, 6.07) is 7.62. The van der Waals surface area contributed by atoms with Crippen molar-refractivity contribution in [3.8, 4) is 34.5 Å². The summed E-state index contributed by atoms with van der Waals surface area (Å²) < 4.78 is 47.0. The van der Waals surface area contributed by atoms with Crippen LogP contribution in [0.1, 0.15) is 50.0 Å². The Morgan fingerprint density at radius 3 is 1.69 bits per heavy atom. The van der Waals surface area contributed by atoms with Crippen molar-refractivity contribution >= 4 is 5.78 Å². The number of carbonyl (C=O) groups excluding carboxylic acids is 1. The summed E-state index contributed by atoms with van der Waals surface area (Å²) >= 11 is 0. The lowest BCUT2D eigenvalue weighted by atomic mass is 9.60. The minimum atomic E-state index is -0.620. The zero-order valence-corrected chi connectivity index (χ0v) is 23.9. The molecule has 7 atom stereocenters. The molecule has 2 aromatic carbocycles. The second-order valence-corrected chi connectivity index (χ2v) is 10.7. The number of carbonyl (C=O) groups is 1. The molecule has 2 aliphatic heterocycles. The van der Waals surface area contributed by atoms with E-state index in [1.165, 1.54) is 0 Å². The number of Topliss-reactive ketones (excluding diaryl/α,β-unsaturated/α-hetero) is 1. The van der Waals surface area contributed by atoms with Crippen molar-refractivity contribution in [2.24, 2.45) is 17.8 Å². The molecule has 0 spiro atoms. The van der Waals surface area contributed by atoms with Crippen molar-refractivity contribution in [1.29, 1.82) is 0 Å². The molecule has 1 saturated carbocycles. The third-order valence-electron chi connectivity index (χ3n) is 8.81. The highest BCUT2D eigenvalue weighted by Crippen LogP contribution is 2.59. The van der Waals surface area contributed by atoms with Crippen LogP contribution >= 0.6 is 0 Å². The molecule has 9 heteroatoms. The summed E-state index contributed by atoms with van der Waals surface area (Å²) in [7, 11) is 9.50. The van der Waals surface area contributed by atoms with Gasteiger partial charge in [-0.25, -0.2) is 0 Å². The Hall–Kier alpha value is -3.17. The van der Waals surface area contributed by atoms with Crippen LogP contribution in [0.2, 0.25) is 0 Å². The second-order valence-electron chi connectivity index (χ2n) is 10.7. The highest BCUT2D eigenvalue weighted by atomic mass is 16.6. The summed E-state index contributed by atoms with van der Waals surface area (Å²) in [6.45, 7) is 4.08. The zero-order valence-electron chi connectivity index (χ0n) is 23.9. The summed E-state index contributed by atoms with van der Waals surface area (Å²) in [5.41, 5.74) is 1.11. The first kappa shape index (κ1) is 27.4. The zero-order chi connectivity index (χ0) is 28.1. The lowest BCUT2D eigenvalue weighted by Gasteiger charge is -2.59. The molecule has 0 amide bonds. The highest BCUT2D eigenvalue weighted by molar-refractivity contribution is 5.87. The Balaban J connectivity index is 1.57. The van der Waals surface area contributed by atoms with E-state index < -0.39 is 17.8 Å². The van der Waals surface area contributed by atoms with Crippen LogP contribution in [0, 0.1) is 17.8 Å². The van der Waals surface area contributed by atoms with Gasteiger partial charge in [-0.2, -0.15) is 0 Å². The minimum absolute atomic E-state index is 0.00374. The molecule has 3 fully saturated rings. The van der Waals surface area contributed by atoms with Crippen LogP contribution in [-0.2, 0) is 14.3 Å². The summed E-state index contributed by atoms with van der Waals surface area (Å²) in [4.78, 5) is 13.8. The maximum Gasteiger partial charge on any atom is 0.203 e. The molecule has 0 aromatic heterocycles. The van der Waals surface area contributed by atoms with Crippen LogP contribution in [0.15, 0.2) is 24.3 Å². The molecule has 0 unspecified atom stereocenters. The normalized spacial score (nSPS) is 31.3. The third-order valence-corrected chi connectivity index (χ3v) is 8.81. The Bertz CT molecular complexity index is 1190. The molecule has 0 N–H and O–H groups in total. The number of hydrogen-bond acceptors (Lipinski definition) is 9. The van der Waals surface area contributed by atoms with E-state index in [1.807, 2.05) is 31.2 Å². The number of ketones is 1. The fourth-order valence-corrected chi connectivity index (χ4v) is 6.73. The van der Waals surface area contributed by atoms with E-state index in [9.17, 15) is 4.79 Å². The largest absolute Gasteiger partial charge is 0.493 e. The maximum absolute atomic E-state index is 13.8. The van der Waals surface area contributed by atoms with Gasteiger partial charge in [0.05, 0.1) is 60.5 Å². The van der Waals surface area contributed by atoms with Gasteiger partial charge in [0.2, 0.25) is 11.5 Å². The van der Waals surface area contributed by atoms with Crippen LogP contribution in [0.3, 0.4) is 0 Å². The molecule has 39 heavy (non-hydrogen) atoms. The molecule has 3 aliphatic rings. The van der Waals surface area contributed by atoms with E-state index in [0.29, 0.717) is 40.9 Å². The molecular weight excluding hydrogens is 504 g/mol. The SMILES string of the molecule is COc1cc([C@H]2O[C@@]3(C)C[C@H](c4cc(OC)c(OC)c(OC)c4)O[C@H]4C(=O)[C@H](C)[C@@H]2C[C@H]43)cc(OC)c1OC. The Morgan fingerprint density at radius 2 is 1.23 bits per heavy atom. The maximum atomic E-state index is 13.8. The van der Waals surface area contributed by atoms with Gasteiger partial charge in [-0.15, -0.1) is 0 Å². The van der Waals surface area contributed by atoms with Gasteiger partial charge in [0.15, 0.2) is 28.8 Å². The first-order chi connectivity index (χ1) is 18.7. The van der Waals surface area contributed by atoms with Crippen molar-refractivity contribution < 1.29 is 42.7 Å². The molecule has 212 valence electrons. The van der Waals surface area contributed by atoms with Gasteiger partial charge < -0.3 is 37.9 Å². The molecule has 0 radical (unpaired) electrons. The van der Waals surface area contributed by atoms with Crippen LogP contribution in [-0.4, -0.2) is 60.1 Å². The van der Waals surface area contributed by atoms with Gasteiger partial charge in [-0.05, 0) is 54.7 Å². The van der Waals surface area contributed by atoms with Crippen LogP contribution in [0.25, 0.3) is 0 Å². The summed E-state index contributed by atoms with van der Waals surface area (Å²) in [5, 5.41) is 0. The van der Waals surface area contributed by atoms with E-state index in [2.05, 4.69) is 6.92 Å².